The number of ether oxygens (including phenoxy) is 1. The average Bonchev–Trinajstić information content (AvgIpc) is 2.98. The highest BCUT2D eigenvalue weighted by molar-refractivity contribution is 5.68. The molecule has 1 saturated heterocycles. The molecule has 20 heavy (non-hydrogen) atoms. The van der Waals surface area contributed by atoms with Crippen LogP contribution >= 0.6 is 0 Å². The molecule has 4 N–H and O–H groups in total. The third-order valence-electron chi connectivity index (χ3n) is 3.49. The van der Waals surface area contributed by atoms with Gasteiger partial charge in [-0.05, 0) is 0 Å². The lowest BCUT2D eigenvalue weighted by molar-refractivity contribution is -0.0511. The van der Waals surface area contributed by atoms with E-state index in [-0.39, 0.29) is 5.49 Å². The molecule has 0 radical (unpaired) electrons. The summed E-state index contributed by atoms with van der Waals surface area (Å²) >= 11 is 0. The first kappa shape index (κ1) is 13.2. The first-order valence-electron chi connectivity index (χ1n) is 6.09. The Bertz CT molecular complexity index is 696. The predicted octanol–water partition coefficient (Wildman–Crippen LogP) is -2.14. The van der Waals surface area contributed by atoms with Gasteiger partial charge in [0.2, 0.25) is 0 Å². The second-order valence-electron chi connectivity index (χ2n) is 4.76. The lowest BCUT2D eigenvalue weighted by Crippen LogP contribution is -2.33. The van der Waals surface area contributed by atoms with Gasteiger partial charge >= 0.3 is 0 Å². The molecule has 3 heterocycles. The van der Waals surface area contributed by atoms with Crippen LogP contribution in [0.5, 0.6) is 0 Å². The molecule has 108 valence electrons. The van der Waals surface area contributed by atoms with Crippen molar-refractivity contribution in [2.24, 2.45) is 7.05 Å². The molecule has 0 saturated carbocycles. The van der Waals surface area contributed by atoms with Crippen molar-refractivity contribution in [3.63, 3.8) is 0 Å². The zero-order valence-electron chi connectivity index (χ0n) is 10.7. The number of rotatable bonds is 2. The van der Waals surface area contributed by atoms with Crippen LogP contribution in [-0.4, -0.2) is 59.3 Å². The molecule has 1 aliphatic rings. The maximum absolute atomic E-state index is 10.00. The number of nitrogens with zero attached hydrogens (tertiary/aromatic N) is 4. The molecule has 0 spiro atoms. The van der Waals surface area contributed by atoms with Crippen LogP contribution in [0.3, 0.4) is 0 Å². The lowest BCUT2D eigenvalue weighted by atomic mass is 10.1. The Morgan fingerprint density at radius 3 is 2.70 bits per heavy atom. The van der Waals surface area contributed by atoms with E-state index in [1.54, 1.807) is 7.05 Å². The minimum absolute atomic E-state index is 0.181. The minimum Gasteiger partial charge on any atom is -0.394 e. The Balaban J connectivity index is 2.08. The Labute approximate surface area is 113 Å². The van der Waals surface area contributed by atoms with Crippen LogP contribution in [0.4, 0.5) is 0 Å². The van der Waals surface area contributed by atoms with Crippen molar-refractivity contribution in [3.8, 4) is 0 Å². The first-order valence-corrected chi connectivity index (χ1v) is 6.09. The quantitative estimate of drug-likeness (QED) is 0.497. The molecule has 4 atom stereocenters. The SMILES string of the molecule is Cn1cnc2c(ncn2[C@H]2O[C@H](CO)[C@@H](O)[C@H]2O)c1=N. The fourth-order valence-electron chi connectivity index (χ4n) is 2.31. The molecular weight excluding hydrogens is 266 g/mol. The number of aryl methyl sites for hydroxylation is 1. The van der Waals surface area contributed by atoms with Crippen LogP contribution in [0.2, 0.25) is 0 Å². The molecule has 0 aliphatic carbocycles. The maximum Gasteiger partial charge on any atom is 0.167 e. The van der Waals surface area contributed by atoms with Crippen LogP contribution in [0.25, 0.3) is 11.2 Å². The van der Waals surface area contributed by atoms with Crippen molar-refractivity contribution < 1.29 is 20.1 Å². The molecule has 9 nitrogen and oxygen atoms in total. The number of aliphatic hydroxyl groups excluding tert-OH is 3. The lowest BCUT2D eigenvalue weighted by Gasteiger charge is -2.16. The fourth-order valence-corrected chi connectivity index (χ4v) is 2.31. The van der Waals surface area contributed by atoms with Gasteiger partial charge < -0.3 is 24.6 Å². The Morgan fingerprint density at radius 1 is 1.30 bits per heavy atom. The second kappa shape index (κ2) is 4.63. The van der Waals surface area contributed by atoms with Gasteiger partial charge in [0.05, 0.1) is 19.3 Å². The summed E-state index contributed by atoms with van der Waals surface area (Å²) in [6.45, 7) is -0.395. The third-order valence-corrected chi connectivity index (χ3v) is 3.49. The zero-order valence-corrected chi connectivity index (χ0v) is 10.7. The number of fused-ring (bicyclic) bond motifs is 1. The Kier molecular flexibility index (Phi) is 3.05. The van der Waals surface area contributed by atoms with Gasteiger partial charge in [-0.25, -0.2) is 9.97 Å². The van der Waals surface area contributed by atoms with Gasteiger partial charge in [0.15, 0.2) is 17.4 Å². The standard InChI is InChI=1S/C11H15N5O4/c1-15-3-14-10-6(9(15)12)13-4-16(10)11-8(19)7(18)5(2-17)20-11/h3-5,7-8,11-12,17-19H,2H2,1H3/t5-,7-,8-,11+/m1/s1. The summed E-state index contributed by atoms with van der Waals surface area (Å²) in [6.07, 6.45) is -1.28. The molecule has 0 aromatic carbocycles. The number of nitrogens with one attached hydrogen (secondary N) is 1. The van der Waals surface area contributed by atoms with Crippen LogP contribution in [-0.2, 0) is 11.8 Å². The molecule has 0 bridgehead atoms. The maximum atomic E-state index is 10.00. The van der Waals surface area contributed by atoms with Gasteiger partial charge in [0.25, 0.3) is 0 Å². The molecule has 0 amide bonds. The second-order valence-corrected chi connectivity index (χ2v) is 4.76. The number of hydrogen-bond acceptors (Lipinski definition) is 7. The summed E-state index contributed by atoms with van der Waals surface area (Å²) in [7, 11) is 1.68. The smallest absolute Gasteiger partial charge is 0.167 e. The Morgan fingerprint density at radius 2 is 2.05 bits per heavy atom. The van der Waals surface area contributed by atoms with E-state index in [4.69, 9.17) is 15.3 Å². The van der Waals surface area contributed by atoms with Crippen LogP contribution in [0.15, 0.2) is 12.7 Å². The summed E-state index contributed by atoms with van der Waals surface area (Å²) in [5.74, 6) is 0. The molecule has 2 aromatic heterocycles. The molecule has 2 aromatic rings. The van der Waals surface area contributed by atoms with Crippen molar-refractivity contribution >= 4 is 11.2 Å². The normalized spacial score (nSPS) is 30.2. The largest absolute Gasteiger partial charge is 0.394 e. The van der Waals surface area contributed by atoms with E-state index in [2.05, 4.69) is 9.97 Å². The van der Waals surface area contributed by atoms with Crippen molar-refractivity contribution in [3.05, 3.63) is 18.1 Å². The van der Waals surface area contributed by atoms with E-state index in [1.165, 1.54) is 21.8 Å². The summed E-state index contributed by atoms with van der Waals surface area (Å²) in [5, 5.41) is 36.8. The van der Waals surface area contributed by atoms with Crippen LogP contribution in [0, 0.1) is 5.41 Å². The Hall–Kier alpha value is -1.81. The first-order chi connectivity index (χ1) is 9.54. The van der Waals surface area contributed by atoms with E-state index in [1.807, 2.05) is 0 Å². The molecular formula is C11H15N5O4. The highest BCUT2D eigenvalue weighted by Gasteiger charge is 2.43. The van der Waals surface area contributed by atoms with Gasteiger partial charge in [-0.1, -0.05) is 0 Å². The van der Waals surface area contributed by atoms with Crippen LogP contribution < -0.4 is 5.49 Å². The van der Waals surface area contributed by atoms with E-state index in [0.717, 1.165) is 0 Å². The fraction of sp³-hybridized carbons (Fsp3) is 0.545. The molecule has 1 aliphatic heterocycles. The molecule has 9 heteroatoms. The average molecular weight is 281 g/mol. The highest BCUT2D eigenvalue weighted by atomic mass is 16.6. The number of hydrogen-bond donors (Lipinski definition) is 4. The van der Waals surface area contributed by atoms with Gasteiger partial charge in [0.1, 0.15) is 23.8 Å². The van der Waals surface area contributed by atoms with E-state index >= 15 is 0 Å². The van der Waals surface area contributed by atoms with Crippen molar-refractivity contribution in [2.45, 2.75) is 24.5 Å². The summed E-state index contributed by atoms with van der Waals surface area (Å²) in [5.41, 5.74) is 0.927. The van der Waals surface area contributed by atoms with E-state index < -0.39 is 31.1 Å². The molecule has 3 rings (SSSR count). The number of imidazole rings is 1. The van der Waals surface area contributed by atoms with E-state index in [0.29, 0.717) is 11.2 Å². The van der Waals surface area contributed by atoms with Crippen molar-refractivity contribution in [1.29, 1.82) is 5.41 Å². The van der Waals surface area contributed by atoms with E-state index in [9.17, 15) is 10.2 Å². The monoisotopic (exact) mass is 281 g/mol. The highest BCUT2D eigenvalue weighted by Crippen LogP contribution is 2.30. The van der Waals surface area contributed by atoms with Crippen LogP contribution in [0.1, 0.15) is 6.23 Å². The zero-order chi connectivity index (χ0) is 14.4. The van der Waals surface area contributed by atoms with Gasteiger partial charge in [0, 0.05) is 7.05 Å². The van der Waals surface area contributed by atoms with Gasteiger partial charge in [-0.3, -0.25) is 9.98 Å². The summed E-state index contributed by atoms with van der Waals surface area (Å²) in [4.78, 5) is 8.26. The van der Waals surface area contributed by atoms with Crippen molar-refractivity contribution in [2.75, 3.05) is 6.61 Å². The number of aliphatic hydroxyl groups is 3. The predicted molar refractivity (Wildman–Crippen MR) is 65.4 cm³/mol. The topological polar surface area (TPSA) is 129 Å². The van der Waals surface area contributed by atoms with Gasteiger partial charge in [-0.15, -0.1) is 0 Å². The van der Waals surface area contributed by atoms with Crippen molar-refractivity contribution in [1.82, 2.24) is 19.1 Å². The minimum atomic E-state index is -1.20. The van der Waals surface area contributed by atoms with Gasteiger partial charge in [-0.2, -0.15) is 0 Å². The summed E-state index contributed by atoms with van der Waals surface area (Å²) < 4.78 is 8.39. The molecule has 0 unspecified atom stereocenters. The molecule has 1 fully saturated rings. The summed E-state index contributed by atoms with van der Waals surface area (Å²) in [6, 6.07) is 0. The number of aromatic nitrogens is 4. The third kappa shape index (κ3) is 1.75.